The third-order valence-corrected chi connectivity index (χ3v) is 5.03. The number of rotatable bonds is 5. The van der Waals surface area contributed by atoms with E-state index in [1.165, 1.54) is 11.3 Å². The van der Waals surface area contributed by atoms with Gasteiger partial charge in [0.25, 0.3) is 0 Å². The molecule has 1 N–H and O–H groups in total. The van der Waals surface area contributed by atoms with Crippen LogP contribution in [0.5, 0.6) is 5.75 Å². The highest BCUT2D eigenvalue weighted by Gasteiger charge is 2.15. The lowest BCUT2D eigenvalue weighted by molar-refractivity contribution is -0.129. The minimum Gasteiger partial charge on any atom is -0.508 e. The number of aryl methyl sites for hydroxylation is 2. The molecule has 6 heteroatoms. The Labute approximate surface area is 151 Å². The number of carbonyl (C=O) groups is 1. The van der Waals surface area contributed by atoms with E-state index in [1.54, 1.807) is 24.1 Å². The van der Waals surface area contributed by atoms with Gasteiger partial charge in [0.15, 0.2) is 5.13 Å². The van der Waals surface area contributed by atoms with Gasteiger partial charge in [-0.3, -0.25) is 9.36 Å². The predicted octanol–water partition coefficient (Wildman–Crippen LogP) is 3.46. The number of aromatic hydroxyl groups is 1. The maximum atomic E-state index is 12.5. The molecule has 0 saturated heterocycles. The summed E-state index contributed by atoms with van der Waals surface area (Å²) in [5.74, 6) is 0.178. The van der Waals surface area contributed by atoms with Gasteiger partial charge < -0.3 is 10.0 Å². The van der Waals surface area contributed by atoms with E-state index in [9.17, 15) is 9.90 Å². The van der Waals surface area contributed by atoms with Crippen LogP contribution in [0, 0.1) is 13.8 Å². The molecule has 0 radical (unpaired) electrons. The number of para-hydroxylation sites is 1. The van der Waals surface area contributed by atoms with Crippen molar-refractivity contribution in [2.45, 2.75) is 26.8 Å². The van der Waals surface area contributed by atoms with Gasteiger partial charge in [0.2, 0.25) is 5.91 Å². The quantitative estimate of drug-likeness (QED) is 0.762. The lowest BCUT2D eigenvalue weighted by atomic mass is 10.2. The van der Waals surface area contributed by atoms with Crippen LogP contribution in [-0.2, 0) is 17.8 Å². The van der Waals surface area contributed by atoms with E-state index in [-0.39, 0.29) is 18.1 Å². The number of benzene rings is 1. The molecule has 1 aromatic carbocycles. The smallest absolute Gasteiger partial charge is 0.228 e. The Morgan fingerprint density at radius 1 is 1.20 bits per heavy atom. The standard InChI is InChI=1S/C19H21N3O2S/c1-13-8-9-14(2)22(13)19-20-16(12-25-19)10-18(24)21(3)11-15-6-4-5-7-17(15)23/h4-9,12,23H,10-11H2,1-3H3. The van der Waals surface area contributed by atoms with Crippen LogP contribution < -0.4 is 0 Å². The van der Waals surface area contributed by atoms with Gasteiger partial charge in [-0.15, -0.1) is 11.3 Å². The van der Waals surface area contributed by atoms with E-state index >= 15 is 0 Å². The van der Waals surface area contributed by atoms with Crippen molar-refractivity contribution >= 4 is 17.2 Å². The maximum Gasteiger partial charge on any atom is 0.228 e. The SMILES string of the molecule is Cc1ccc(C)n1-c1nc(CC(=O)N(C)Cc2ccccc2O)cs1. The topological polar surface area (TPSA) is 58.4 Å². The van der Waals surface area contributed by atoms with Crippen molar-refractivity contribution in [1.82, 2.24) is 14.5 Å². The zero-order valence-electron chi connectivity index (χ0n) is 14.6. The first-order chi connectivity index (χ1) is 12.0. The Hall–Kier alpha value is -2.60. The van der Waals surface area contributed by atoms with Crippen LogP contribution in [-0.4, -0.2) is 32.5 Å². The molecule has 0 aliphatic rings. The summed E-state index contributed by atoms with van der Waals surface area (Å²) in [4.78, 5) is 18.7. The van der Waals surface area contributed by atoms with Crippen molar-refractivity contribution in [2.75, 3.05) is 7.05 Å². The third kappa shape index (κ3) is 3.74. The molecule has 2 heterocycles. The molecular weight excluding hydrogens is 334 g/mol. The molecule has 130 valence electrons. The molecule has 3 rings (SSSR count). The van der Waals surface area contributed by atoms with Gasteiger partial charge in [0.1, 0.15) is 5.75 Å². The molecule has 0 unspecified atom stereocenters. The van der Waals surface area contributed by atoms with Crippen LogP contribution in [0.2, 0.25) is 0 Å². The van der Waals surface area contributed by atoms with E-state index < -0.39 is 0 Å². The van der Waals surface area contributed by atoms with Crippen molar-refractivity contribution in [3.8, 4) is 10.9 Å². The summed E-state index contributed by atoms with van der Waals surface area (Å²) < 4.78 is 2.09. The second kappa shape index (κ2) is 7.11. The molecule has 0 bridgehead atoms. The summed E-state index contributed by atoms with van der Waals surface area (Å²) in [7, 11) is 1.74. The summed E-state index contributed by atoms with van der Waals surface area (Å²) in [5, 5.41) is 12.7. The Morgan fingerprint density at radius 2 is 1.88 bits per heavy atom. The number of hydrogen-bond acceptors (Lipinski definition) is 4. The van der Waals surface area contributed by atoms with Crippen LogP contribution in [0.25, 0.3) is 5.13 Å². The second-order valence-corrected chi connectivity index (χ2v) is 6.96. The van der Waals surface area contributed by atoms with Crippen molar-refractivity contribution in [3.63, 3.8) is 0 Å². The number of aromatic nitrogens is 2. The molecule has 0 aliphatic carbocycles. The molecular formula is C19H21N3O2S. The monoisotopic (exact) mass is 355 g/mol. The number of hydrogen-bond donors (Lipinski definition) is 1. The fourth-order valence-corrected chi connectivity index (χ4v) is 3.67. The number of carbonyl (C=O) groups excluding carboxylic acids is 1. The summed E-state index contributed by atoms with van der Waals surface area (Å²) in [5.41, 5.74) is 3.75. The molecule has 5 nitrogen and oxygen atoms in total. The zero-order valence-corrected chi connectivity index (χ0v) is 15.4. The van der Waals surface area contributed by atoms with Crippen LogP contribution >= 0.6 is 11.3 Å². The number of likely N-dealkylation sites (N-methyl/N-ethyl adjacent to an activating group) is 1. The second-order valence-electron chi connectivity index (χ2n) is 6.13. The minimum absolute atomic E-state index is 0.0268. The summed E-state index contributed by atoms with van der Waals surface area (Å²) >= 11 is 1.54. The highest BCUT2D eigenvalue weighted by atomic mass is 32.1. The highest BCUT2D eigenvalue weighted by molar-refractivity contribution is 7.12. The van der Waals surface area contributed by atoms with Gasteiger partial charge in [-0.05, 0) is 32.0 Å². The predicted molar refractivity (Wildman–Crippen MR) is 99.2 cm³/mol. The Kier molecular flexibility index (Phi) is 4.90. The minimum atomic E-state index is -0.0268. The maximum absolute atomic E-state index is 12.5. The van der Waals surface area contributed by atoms with Gasteiger partial charge >= 0.3 is 0 Å². The normalized spacial score (nSPS) is 10.8. The van der Waals surface area contributed by atoms with Gasteiger partial charge in [0, 0.05) is 35.9 Å². The van der Waals surface area contributed by atoms with Gasteiger partial charge in [0.05, 0.1) is 12.1 Å². The summed E-state index contributed by atoms with van der Waals surface area (Å²) in [6, 6.07) is 11.2. The summed E-state index contributed by atoms with van der Waals surface area (Å²) in [6.45, 7) is 4.46. The lowest BCUT2D eigenvalue weighted by Crippen LogP contribution is -2.27. The van der Waals surface area contributed by atoms with E-state index in [4.69, 9.17) is 0 Å². The van der Waals surface area contributed by atoms with E-state index in [1.807, 2.05) is 31.4 Å². The lowest BCUT2D eigenvalue weighted by Gasteiger charge is -2.17. The molecule has 0 saturated carbocycles. The molecule has 3 aromatic rings. The molecule has 25 heavy (non-hydrogen) atoms. The van der Waals surface area contributed by atoms with Crippen molar-refractivity contribution in [1.29, 1.82) is 0 Å². The number of thiazole rings is 1. The Balaban J connectivity index is 1.68. The number of phenols is 1. The van der Waals surface area contributed by atoms with Crippen LogP contribution in [0.3, 0.4) is 0 Å². The van der Waals surface area contributed by atoms with E-state index in [2.05, 4.69) is 21.7 Å². The average molecular weight is 355 g/mol. The zero-order chi connectivity index (χ0) is 18.0. The van der Waals surface area contributed by atoms with Crippen LogP contribution in [0.1, 0.15) is 22.6 Å². The van der Waals surface area contributed by atoms with Crippen LogP contribution in [0.4, 0.5) is 0 Å². The van der Waals surface area contributed by atoms with E-state index in [0.717, 1.165) is 27.8 Å². The number of amides is 1. The average Bonchev–Trinajstić information content (AvgIpc) is 3.15. The first-order valence-corrected chi connectivity index (χ1v) is 8.94. The molecule has 0 atom stereocenters. The largest absolute Gasteiger partial charge is 0.508 e. The van der Waals surface area contributed by atoms with Crippen molar-refractivity contribution in [2.24, 2.45) is 0 Å². The molecule has 0 spiro atoms. The fraction of sp³-hybridized carbons (Fsp3) is 0.263. The fourth-order valence-electron chi connectivity index (χ4n) is 2.73. The summed E-state index contributed by atoms with van der Waals surface area (Å²) in [6.07, 6.45) is 0.250. The third-order valence-electron chi connectivity index (χ3n) is 4.16. The molecule has 2 aromatic heterocycles. The van der Waals surface area contributed by atoms with E-state index in [0.29, 0.717) is 6.54 Å². The van der Waals surface area contributed by atoms with Gasteiger partial charge in [-0.1, -0.05) is 18.2 Å². The van der Waals surface area contributed by atoms with Crippen molar-refractivity contribution in [3.05, 3.63) is 64.4 Å². The Bertz CT molecular complexity index is 878. The Morgan fingerprint density at radius 3 is 2.56 bits per heavy atom. The molecule has 0 fully saturated rings. The van der Waals surface area contributed by atoms with Gasteiger partial charge in [-0.25, -0.2) is 4.98 Å². The van der Waals surface area contributed by atoms with Gasteiger partial charge in [-0.2, -0.15) is 0 Å². The number of phenolic OH excluding ortho intramolecular Hbond substituents is 1. The van der Waals surface area contributed by atoms with Crippen molar-refractivity contribution < 1.29 is 9.90 Å². The first-order valence-electron chi connectivity index (χ1n) is 8.06. The molecule has 0 aliphatic heterocycles. The highest BCUT2D eigenvalue weighted by Crippen LogP contribution is 2.21. The molecule has 1 amide bonds. The van der Waals surface area contributed by atoms with Crippen LogP contribution in [0.15, 0.2) is 41.8 Å². The first kappa shape index (κ1) is 17.2. The number of nitrogens with zero attached hydrogens (tertiary/aromatic N) is 3.